The van der Waals surface area contributed by atoms with E-state index >= 15 is 0 Å². The fraction of sp³-hybridized carbons (Fsp3) is 0.923. The zero-order chi connectivity index (χ0) is 12.3. The summed E-state index contributed by atoms with van der Waals surface area (Å²) in [5, 5.41) is 12.3. The van der Waals surface area contributed by atoms with Gasteiger partial charge in [-0.2, -0.15) is 0 Å². The first-order chi connectivity index (χ1) is 8.22. The van der Waals surface area contributed by atoms with Crippen LogP contribution in [-0.2, 0) is 4.79 Å². The van der Waals surface area contributed by atoms with E-state index in [0.717, 1.165) is 19.4 Å². The number of aliphatic hydroxyl groups is 1. The lowest BCUT2D eigenvalue weighted by Gasteiger charge is -2.40. The monoisotopic (exact) mass is 240 g/mol. The van der Waals surface area contributed by atoms with Gasteiger partial charge < -0.3 is 10.4 Å². The van der Waals surface area contributed by atoms with Gasteiger partial charge in [0.25, 0.3) is 0 Å². The minimum absolute atomic E-state index is 0.0710. The fourth-order valence-corrected chi connectivity index (χ4v) is 3.08. The summed E-state index contributed by atoms with van der Waals surface area (Å²) in [5.74, 6) is 0.0710. The largest absolute Gasteiger partial charge is 0.395 e. The quantitative estimate of drug-likeness (QED) is 0.750. The van der Waals surface area contributed by atoms with Crippen molar-refractivity contribution in [2.24, 2.45) is 0 Å². The molecule has 98 valence electrons. The van der Waals surface area contributed by atoms with Crippen LogP contribution in [0.3, 0.4) is 0 Å². The van der Waals surface area contributed by atoms with Crippen LogP contribution in [0.2, 0.25) is 0 Å². The van der Waals surface area contributed by atoms with Gasteiger partial charge in [-0.1, -0.05) is 12.8 Å². The molecule has 2 aliphatic rings. The number of rotatable bonds is 5. The lowest BCUT2D eigenvalue weighted by atomic mass is 9.89. The molecular formula is C13H24N2O2. The van der Waals surface area contributed by atoms with E-state index in [4.69, 9.17) is 0 Å². The SMILES string of the molecule is CC(=O)NC1CCCCC1N(CCO)C1CC1. The maximum absolute atomic E-state index is 11.2. The molecule has 0 bridgehead atoms. The highest BCUT2D eigenvalue weighted by Crippen LogP contribution is 2.33. The molecule has 17 heavy (non-hydrogen) atoms. The van der Waals surface area contributed by atoms with Crippen molar-refractivity contribution in [3.8, 4) is 0 Å². The van der Waals surface area contributed by atoms with Crippen molar-refractivity contribution in [1.82, 2.24) is 10.2 Å². The van der Waals surface area contributed by atoms with Gasteiger partial charge in [-0.05, 0) is 25.7 Å². The van der Waals surface area contributed by atoms with Crippen LogP contribution in [0.4, 0.5) is 0 Å². The summed E-state index contributed by atoms with van der Waals surface area (Å²) in [6.07, 6.45) is 7.20. The Kier molecular flexibility index (Phi) is 4.40. The number of carbonyl (C=O) groups excluding carboxylic acids is 1. The van der Waals surface area contributed by atoms with Gasteiger partial charge in [-0.3, -0.25) is 9.69 Å². The first-order valence-electron chi connectivity index (χ1n) is 6.86. The number of nitrogens with zero attached hydrogens (tertiary/aromatic N) is 1. The van der Waals surface area contributed by atoms with Crippen molar-refractivity contribution in [3.05, 3.63) is 0 Å². The maximum Gasteiger partial charge on any atom is 0.217 e. The van der Waals surface area contributed by atoms with Crippen LogP contribution in [0.25, 0.3) is 0 Å². The van der Waals surface area contributed by atoms with Crippen LogP contribution in [0.5, 0.6) is 0 Å². The first-order valence-corrected chi connectivity index (χ1v) is 6.86. The number of carbonyl (C=O) groups is 1. The third kappa shape index (κ3) is 3.42. The van der Waals surface area contributed by atoms with E-state index < -0.39 is 0 Å². The molecule has 0 radical (unpaired) electrons. The Hall–Kier alpha value is -0.610. The molecule has 2 saturated carbocycles. The molecule has 2 N–H and O–H groups in total. The van der Waals surface area contributed by atoms with Crippen LogP contribution in [0, 0.1) is 0 Å². The van der Waals surface area contributed by atoms with E-state index in [1.807, 2.05) is 0 Å². The predicted molar refractivity (Wildman–Crippen MR) is 66.7 cm³/mol. The molecule has 2 aliphatic carbocycles. The Bertz CT molecular complexity index is 266. The Morgan fingerprint density at radius 3 is 2.59 bits per heavy atom. The van der Waals surface area contributed by atoms with Crippen molar-refractivity contribution < 1.29 is 9.90 Å². The molecule has 0 aromatic rings. The van der Waals surface area contributed by atoms with Gasteiger partial charge in [0, 0.05) is 31.6 Å². The van der Waals surface area contributed by atoms with Crippen molar-refractivity contribution in [2.75, 3.05) is 13.2 Å². The van der Waals surface area contributed by atoms with Crippen LogP contribution in [-0.4, -0.2) is 47.2 Å². The number of nitrogens with one attached hydrogen (secondary N) is 1. The molecular weight excluding hydrogens is 216 g/mol. The van der Waals surface area contributed by atoms with Crippen LogP contribution >= 0.6 is 0 Å². The van der Waals surface area contributed by atoms with Crippen LogP contribution in [0.1, 0.15) is 45.4 Å². The smallest absolute Gasteiger partial charge is 0.217 e. The van der Waals surface area contributed by atoms with Gasteiger partial charge in [0.15, 0.2) is 0 Å². The lowest BCUT2D eigenvalue weighted by molar-refractivity contribution is -0.120. The van der Waals surface area contributed by atoms with Crippen LogP contribution in [0.15, 0.2) is 0 Å². The molecule has 0 saturated heterocycles. The molecule has 0 spiro atoms. The Morgan fingerprint density at radius 2 is 2.00 bits per heavy atom. The number of hydrogen-bond acceptors (Lipinski definition) is 3. The topological polar surface area (TPSA) is 52.6 Å². The number of hydrogen-bond donors (Lipinski definition) is 2. The summed E-state index contributed by atoms with van der Waals surface area (Å²) in [6.45, 7) is 2.57. The standard InChI is InChI=1S/C13H24N2O2/c1-10(17)14-12-4-2-3-5-13(12)15(8-9-16)11-6-7-11/h11-13,16H,2-9H2,1H3,(H,14,17). The van der Waals surface area contributed by atoms with Gasteiger partial charge in [0.05, 0.1) is 6.61 Å². The molecule has 2 rings (SSSR count). The van der Waals surface area contributed by atoms with E-state index in [1.54, 1.807) is 6.92 Å². The third-order valence-corrected chi connectivity index (χ3v) is 3.92. The Morgan fingerprint density at radius 1 is 1.29 bits per heavy atom. The molecule has 0 heterocycles. The molecule has 0 aromatic carbocycles. The zero-order valence-corrected chi connectivity index (χ0v) is 10.7. The summed E-state index contributed by atoms with van der Waals surface area (Å²) in [5.41, 5.74) is 0. The highest BCUT2D eigenvalue weighted by Gasteiger charge is 2.38. The normalized spacial score (nSPS) is 29.4. The zero-order valence-electron chi connectivity index (χ0n) is 10.7. The molecule has 4 heteroatoms. The number of amides is 1. The minimum atomic E-state index is 0.0710. The summed E-state index contributed by atoms with van der Waals surface area (Å²) in [7, 11) is 0. The second-order valence-electron chi connectivity index (χ2n) is 5.35. The van der Waals surface area contributed by atoms with E-state index in [0.29, 0.717) is 12.1 Å². The van der Waals surface area contributed by atoms with Crippen molar-refractivity contribution >= 4 is 5.91 Å². The number of aliphatic hydroxyl groups excluding tert-OH is 1. The molecule has 4 nitrogen and oxygen atoms in total. The molecule has 2 fully saturated rings. The Balaban J connectivity index is 1.99. The van der Waals surface area contributed by atoms with Gasteiger partial charge >= 0.3 is 0 Å². The van der Waals surface area contributed by atoms with E-state index in [-0.39, 0.29) is 18.6 Å². The Labute approximate surface area is 103 Å². The van der Waals surface area contributed by atoms with Gasteiger partial charge in [-0.15, -0.1) is 0 Å². The third-order valence-electron chi connectivity index (χ3n) is 3.92. The lowest BCUT2D eigenvalue weighted by Crippen LogP contribution is -2.54. The van der Waals surface area contributed by atoms with Gasteiger partial charge in [-0.25, -0.2) is 0 Å². The van der Waals surface area contributed by atoms with Crippen molar-refractivity contribution in [3.63, 3.8) is 0 Å². The highest BCUT2D eigenvalue weighted by molar-refractivity contribution is 5.73. The first kappa shape index (κ1) is 12.8. The summed E-state index contributed by atoms with van der Waals surface area (Å²) in [6, 6.07) is 1.38. The highest BCUT2D eigenvalue weighted by atomic mass is 16.3. The summed E-state index contributed by atoms with van der Waals surface area (Å²) in [4.78, 5) is 13.7. The average Bonchev–Trinajstić information content (AvgIpc) is 3.10. The second-order valence-corrected chi connectivity index (χ2v) is 5.35. The van der Waals surface area contributed by atoms with Crippen LogP contribution < -0.4 is 5.32 Å². The average molecular weight is 240 g/mol. The van der Waals surface area contributed by atoms with Gasteiger partial charge in [0.2, 0.25) is 5.91 Å². The van der Waals surface area contributed by atoms with E-state index in [1.165, 1.54) is 25.7 Å². The molecule has 2 unspecified atom stereocenters. The minimum Gasteiger partial charge on any atom is -0.395 e. The summed E-state index contributed by atoms with van der Waals surface area (Å²) >= 11 is 0. The fourth-order valence-electron chi connectivity index (χ4n) is 3.08. The molecule has 1 amide bonds. The van der Waals surface area contributed by atoms with E-state index in [2.05, 4.69) is 10.2 Å². The predicted octanol–water partition coefficient (Wildman–Crippen LogP) is 0.890. The molecule has 2 atom stereocenters. The van der Waals surface area contributed by atoms with E-state index in [9.17, 15) is 9.90 Å². The van der Waals surface area contributed by atoms with Gasteiger partial charge in [0.1, 0.15) is 0 Å². The molecule has 0 aromatic heterocycles. The molecule has 0 aliphatic heterocycles. The van der Waals surface area contributed by atoms with Crippen molar-refractivity contribution in [2.45, 2.75) is 63.6 Å². The second kappa shape index (κ2) is 5.83. The maximum atomic E-state index is 11.2. The van der Waals surface area contributed by atoms with Crippen molar-refractivity contribution in [1.29, 1.82) is 0 Å². The summed E-state index contributed by atoms with van der Waals surface area (Å²) < 4.78 is 0.